The molecule has 8 nitrogen and oxygen atoms in total. The van der Waals surface area contributed by atoms with E-state index in [0.717, 1.165) is 21.9 Å². The van der Waals surface area contributed by atoms with Gasteiger partial charge >= 0.3 is 0 Å². The van der Waals surface area contributed by atoms with Crippen molar-refractivity contribution in [1.82, 2.24) is 10.2 Å². The summed E-state index contributed by atoms with van der Waals surface area (Å²) in [6.07, 6.45) is 0.152. The number of aliphatic hydroxyl groups excluding tert-OH is 1. The molecule has 0 aliphatic carbocycles. The maximum atomic E-state index is 14.6. The molecule has 0 saturated carbocycles. The van der Waals surface area contributed by atoms with E-state index in [-0.39, 0.29) is 23.2 Å². The number of halogens is 1. The number of carbonyl (C=O) groups is 3. The van der Waals surface area contributed by atoms with Crippen molar-refractivity contribution in [2.24, 2.45) is 11.8 Å². The summed E-state index contributed by atoms with van der Waals surface area (Å²) < 4.78 is 6.66. The van der Waals surface area contributed by atoms with Gasteiger partial charge in [-0.2, -0.15) is 0 Å². The minimum Gasteiger partial charge on any atom is -0.394 e. The normalized spacial score (nSPS) is 27.4. The van der Waals surface area contributed by atoms with E-state index < -0.39 is 41.5 Å². The van der Waals surface area contributed by atoms with E-state index in [0.29, 0.717) is 25.1 Å². The van der Waals surface area contributed by atoms with Crippen LogP contribution in [-0.2, 0) is 32.1 Å². The molecule has 3 aliphatic rings. The van der Waals surface area contributed by atoms with Gasteiger partial charge in [0, 0.05) is 17.1 Å². The molecule has 45 heavy (non-hydrogen) atoms. The average molecular weight is 669 g/mol. The standard InChI is InChI=1S/C36H34BrN3O5/c37-28-19-36-30(29(31(28)45-36)33(42)38-20-23-11-5-2-6-12-23)35(44)40(27(21-41)17-22-9-3-1-4-10-22)32(36)34(43)39-26-16-15-24-13-7-8-14-25(24)18-26/h1-16,18,27-32,41H,17,19-21H2,(H,38,42)(H,39,43)/t27-,28?,29+,30+,31+,32?,36?/m1/s1. The lowest BCUT2D eigenvalue weighted by atomic mass is 9.70. The lowest BCUT2D eigenvalue weighted by Crippen LogP contribution is -2.57. The Hall–Kier alpha value is -4.05. The van der Waals surface area contributed by atoms with Gasteiger partial charge in [-0.3, -0.25) is 14.4 Å². The van der Waals surface area contributed by atoms with E-state index >= 15 is 0 Å². The highest BCUT2D eigenvalue weighted by Gasteiger charge is 2.77. The molecule has 1 spiro atoms. The van der Waals surface area contributed by atoms with Crippen LogP contribution < -0.4 is 10.6 Å². The maximum Gasteiger partial charge on any atom is 0.250 e. The Morgan fingerprint density at radius 3 is 2.29 bits per heavy atom. The zero-order chi connectivity index (χ0) is 31.1. The van der Waals surface area contributed by atoms with Crippen LogP contribution in [0.15, 0.2) is 103 Å². The van der Waals surface area contributed by atoms with Crippen molar-refractivity contribution in [3.63, 3.8) is 0 Å². The average Bonchev–Trinajstić information content (AvgIpc) is 3.66. The van der Waals surface area contributed by atoms with Gasteiger partial charge in [0.15, 0.2) is 0 Å². The Labute approximate surface area is 269 Å². The van der Waals surface area contributed by atoms with E-state index in [1.54, 1.807) is 0 Å². The number of ether oxygens (including phenoxy) is 1. The smallest absolute Gasteiger partial charge is 0.250 e. The largest absolute Gasteiger partial charge is 0.394 e. The number of carbonyl (C=O) groups excluding carboxylic acids is 3. The van der Waals surface area contributed by atoms with Crippen LogP contribution in [0.25, 0.3) is 10.8 Å². The monoisotopic (exact) mass is 667 g/mol. The molecule has 0 radical (unpaired) electrons. The molecule has 3 N–H and O–H groups in total. The van der Waals surface area contributed by atoms with Crippen molar-refractivity contribution in [3.8, 4) is 0 Å². The third-order valence-electron chi connectivity index (χ3n) is 9.52. The fraction of sp³-hybridized carbons (Fsp3) is 0.306. The predicted molar refractivity (Wildman–Crippen MR) is 174 cm³/mol. The van der Waals surface area contributed by atoms with E-state index in [2.05, 4.69) is 26.6 Å². The van der Waals surface area contributed by atoms with Crippen LogP contribution in [0.1, 0.15) is 17.5 Å². The van der Waals surface area contributed by atoms with Gasteiger partial charge in [-0.25, -0.2) is 0 Å². The number of hydrogen-bond acceptors (Lipinski definition) is 5. The first kappa shape index (κ1) is 29.6. The van der Waals surface area contributed by atoms with E-state index in [4.69, 9.17) is 4.74 Å². The molecule has 3 fully saturated rings. The van der Waals surface area contributed by atoms with Gasteiger partial charge in [0.25, 0.3) is 0 Å². The summed E-state index contributed by atoms with van der Waals surface area (Å²) >= 11 is 3.73. The number of likely N-dealkylation sites (tertiary alicyclic amines) is 1. The number of hydrogen-bond donors (Lipinski definition) is 3. The number of aliphatic hydroxyl groups is 1. The van der Waals surface area contributed by atoms with Crippen LogP contribution in [0, 0.1) is 11.8 Å². The molecule has 3 amide bonds. The molecule has 4 aromatic rings. The van der Waals surface area contributed by atoms with Gasteiger partial charge in [-0.1, -0.05) is 107 Å². The maximum absolute atomic E-state index is 14.6. The summed E-state index contributed by atoms with van der Waals surface area (Å²) in [5.41, 5.74) is 1.22. The number of benzene rings is 4. The van der Waals surface area contributed by atoms with Crippen LogP contribution in [-0.4, -0.2) is 63.0 Å². The second-order valence-corrected chi connectivity index (χ2v) is 13.4. The van der Waals surface area contributed by atoms with E-state index in [1.165, 1.54) is 4.90 Å². The number of alkyl halides is 1. The Morgan fingerprint density at radius 2 is 1.58 bits per heavy atom. The number of amides is 3. The zero-order valence-electron chi connectivity index (χ0n) is 24.5. The van der Waals surface area contributed by atoms with Crippen LogP contribution in [0.3, 0.4) is 0 Å². The third kappa shape index (κ3) is 5.22. The molecule has 4 aromatic carbocycles. The molecule has 3 unspecified atom stereocenters. The summed E-state index contributed by atoms with van der Waals surface area (Å²) in [6.45, 7) is -0.0398. The first-order valence-corrected chi connectivity index (χ1v) is 16.2. The first-order chi connectivity index (χ1) is 21.9. The predicted octanol–water partition coefficient (Wildman–Crippen LogP) is 4.45. The van der Waals surface area contributed by atoms with Gasteiger partial charge in [0.1, 0.15) is 11.6 Å². The number of fused-ring (bicyclic) bond motifs is 2. The molecule has 9 heteroatoms. The van der Waals surface area contributed by atoms with Gasteiger partial charge in [-0.15, -0.1) is 0 Å². The fourth-order valence-electron chi connectivity index (χ4n) is 7.58. The van der Waals surface area contributed by atoms with Crippen molar-refractivity contribution in [2.45, 2.75) is 48.0 Å². The summed E-state index contributed by atoms with van der Waals surface area (Å²) in [5.74, 6) is -2.70. The van der Waals surface area contributed by atoms with E-state index in [9.17, 15) is 19.5 Å². The Kier molecular flexibility index (Phi) is 7.93. The summed E-state index contributed by atoms with van der Waals surface area (Å²) in [5, 5.41) is 18.8. The lowest BCUT2D eigenvalue weighted by Gasteiger charge is -2.37. The lowest BCUT2D eigenvalue weighted by molar-refractivity contribution is -0.144. The first-order valence-electron chi connectivity index (χ1n) is 15.3. The third-order valence-corrected chi connectivity index (χ3v) is 10.4. The molecular formula is C36H34BrN3O5. The summed E-state index contributed by atoms with van der Waals surface area (Å²) in [7, 11) is 0. The number of anilines is 1. The fourth-order valence-corrected chi connectivity index (χ4v) is 8.52. The molecule has 0 aromatic heterocycles. The number of rotatable bonds is 9. The molecule has 3 saturated heterocycles. The van der Waals surface area contributed by atoms with Gasteiger partial charge < -0.3 is 25.4 Å². The van der Waals surface area contributed by atoms with Crippen LogP contribution in [0.5, 0.6) is 0 Å². The molecule has 7 atom stereocenters. The van der Waals surface area contributed by atoms with Crippen molar-refractivity contribution < 1.29 is 24.2 Å². The van der Waals surface area contributed by atoms with Crippen molar-refractivity contribution >= 4 is 50.1 Å². The number of nitrogens with one attached hydrogen (secondary N) is 2. The highest BCUT2D eigenvalue weighted by molar-refractivity contribution is 9.09. The highest BCUT2D eigenvalue weighted by atomic mass is 79.9. The molecule has 3 aliphatic heterocycles. The van der Waals surface area contributed by atoms with Crippen molar-refractivity contribution in [3.05, 3.63) is 114 Å². The van der Waals surface area contributed by atoms with Crippen molar-refractivity contribution in [1.29, 1.82) is 0 Å². The second kappa shape index (κ2) is 12.0. The molecule has 2 bridgehead atoms. The molecule has 230 valence electrons. The summed E-state index contributed by atoms with van der Waals surface area (Å²) in [4.78, 5) is 44.1. The minimum atomic E-state index is -1.24. The second-order valence-electron chi connectivity index (χ2n) is 12.2. The minimum absolute atomic E-state index is 0.230. The summed E-state index contributed by atoms with van der Waals surface area (Å²) in [6, 6.07) is 31.0. The SMILES string of the molecule is O=C(Nc1ccc2ccccc2c1)C1N([C@@H](CO)Cc2ccccc2)C(=O)[C@@H]2[C@H](C(=O)NCc3ccccc3)[C@H]3OC12CC3Br. The quantitative estimate of drug-likeness (QED) is 0.229. The molecule has 7 rings (SSSR count). The zero-order valence-corrected chi connectivity index (χ0v) is 26.1. The van der Waals surface area contributed by atoms with Gasteiger partial charge in [0.2, 0.25) is 17.7 Å². The number of nitrogens with zero attached hydrogens (tertiary/aromatic N) is 1. The van der Waals surface area contributed by atoms with Crippen LogP contribution in [0.4, 0.5) is 5.69 Å². The Bertz CT molecular complexity index is 1740. The van der Waals surface area contributed by atoms with Crippen LogP contribution in [0.2, 0.25) is 0 Å². The van der Waals surface area contributed by atoms with E-state index in [1.807, 2.05) is 103 Å². The molecular weight excluding hydrogens is 634 g/mol. The van der Waals surface area contributed by atoms with Gasteiger partial charge in [0.05, 0.1) is 30.6 Å². The van der Waals surface area contributed by atoms with Crippen LogP contribution >= 0.6 is 15.9 Å². The highest BCUT2D eigenvalue weighted by Crippen LogP contribution is 2.60. The molecule has 3 heterocycles. The Morgan fingerprint density at radius 1 is 0.911 bits per heavy atom. The topological polar surface area (TPSA) is 108 Å². The van der Waals surface area contributed by atoms with Crippen molar-refractivity contribution in [2.75, 3.05) is 11.9 Å². The van der Waals surface area contributed by atoms with Gasteiger partial charge in [-0.05, 0) is 46.9 Å². The Balaban J connectivity index is 1.24.